The van der Waals surface area contributed by atoms with E-state index in [1.54, 1.807) is 12.1 Å². The lowest BCUT2D eigenvalue weighted by atomic mass is 10.3. The first kappa shape index (κ1) is 13.0. The van der Waals surface area contributed by atoms with Gasteiger partial charge in [-0.2, -0.15) is 0 Å². The fourth-order valence-electron chi connectivity index (χ4n) is 1.20. The van der Waals surface area contributed by atoms with Gasteiger partial charge >= 0.3 is 0 Å². The molecular formula is C10H14O5S. The maximum atomic E-state index is 11.7. The Balaban J connectivity index is 2.98. The third-order valence-electron chi connectivity index (χ3n) is 2.02. The summed E-state index contributed by atoms with van der Waals surface area (Å²) in [6.45, 7) is -0.580. The molecule has 0 heterocycles. The Morgan fingerprint density at radius 3 is 2.69 bits per heavy atom. The molecule has 0 unspecified atom stereocenters. The van der Waals surface area contributed by atoms with Crippen LogP contribution in [0.15, 0.2) is 29.2 Å². The number of benzene rings is 1. The van der Waals surface area contributed by atoms with Crippen LogP contribution in [0.1, 0.15) is 0 Å². The van der Waals surface area contributed by atoms with E-state index in [0.29, 0.717) is 5.75 Å². The fraction of sp³-hybridized carbons (Fsp3) is 0.400. The largest absolute Gasteiger partial charge is 0.497 e. The normalized spacial score (nSPS) is 13.4. The predicted octanol–water partition coefficient (Wildman–Crippen LogP) is -0.178. The third kappa shape index (κ3) is 3.19. The first-order chi connectivity index (χ1) is 7.49. The SMILES string of the molecule is COc1cccc(S(=O)(=O)C[C@H](O)CO)c1. The van der Waals surface area contributed by atoms with Crippen LogP contribution < -0.4 is 4.74 Å². The van der Waals surface area contributed by atoms with Crippen molar-refractivity contribution in [3.05, 3.63) is 24.3 Å². The van der Waals surface area contributed by atoms with E-state index in [9.17, 15) is 8.42 Å². The number of methoxy groups -OCH3 is 1. The van der Waals surface area contributed by atoms with Crippen LogP contribution in [0.4, 0.5) is 0 Å². The van der Waals surface area contributed by atoms with E-state index in [0.717, 1.165) is 0 Å². The molecule has 0 saturated heterocycles. The molecule has 6 heteroatoms. The van der Waals surface area contributed by atoms with E-state index >= 15 is 0 Å². The number of hydrogen-bond donors (Lipinski definition) is 2. The smallest absolute Gasteiger partial charge is 0.181 e. The van der Waals surface area contributed by atoms with E-state index in [4.69, 9.17) is 14.9 Å². The number of rotatable bonds is 5. The molecule has 0 aromatic heterocycles. The Kier molecular flexibility index (Phi) is 4.28. The van der Waals surface area contributed by atoms with Gasteiger partial charge < -0.3 is 14.9 Å². The van der Waals surface area contributed by atoms with Crippen molar-refractivity contribution >= 4 is 9.84 Å². The molecule has 0 bridgehead atoms. The van der Waals surface area contributed by atoms with E-state index in [1.165, 1.54) is 19.2 Å². The summed E-state index contributed by atoms with van der Waals surface area (Å²) in [6.07, 6.45) is -1.27. The van der Waals surface area contributed by atoms with Crippen LogP contribution in [0.3, 0.4) is 0 Å². The Hall–Kier alpha value is -1.11. The van der Waals surface area contributed by atoms with Gasteiger partial charge in [0.25, 0.3) is 0 Å². The highest BCUT2D eigenvalue weighted by Crippen LogP contribution is 2.18. The van der Waals surface area contributed by atoms with Gasteiger partial charge in [-0.15, -0.1) is 0 Å². The van der Waals surface area contributed by atoms with E-state index in [1.807, 2.05) is 0 Å². The van der Waals surface area contributed by atoms with Gasteiger partial charge in [0.15, 0.2) is 9.84 Å². The molecule has 1 rings (SSSR count). The van der Waals surface area contributed by atoms with Crippen molar-refractivity contribution in [2.45, 2.75) is 11.0 Å². The van der Waals surface area contributed by atoms with E-state index in [-0.39, 0.29) is 4.90 Å². The fourth-order valence-corrected chi connectivity index (χ4v) is 2.58. The second-order valence-corrected chi connectivity index (χ2v) is 5.33. The van der Waals surface area contributed by atoms with Gasteiger partial charge in [0, 0.05) is 0 Å². The van der Waals surface area contributed by atoms with Crippen molar-refractivity contribution in [1.29, 1.82) is 0 Å². The summed E-state index contributed by atoms with van der Waals surface area (Å²) >= 11 is 0. The summed E-state index contributed by atoms with van der Waals surface area (Å²) in [4.78, 5) is 0.0688. The van der Waals surface area contributed by atoms with Crippen molar-refractivity contribution in [3.63, 3.8) is 0 Å². The molecule has 5 nitrogen and oxygen atoms in total. The van der Waals surface area contributed by atoms with Crippen molar-refractivity contribution < 1.29 is 23.4 Å². The van der Waals surface area contributed by atoms with Crippen LogP contribution in [0.25, 0.3) is 0 Å². The van der Waals surface area contributed by atoms with Gasteiger partial charge in [0.2, 0.25) is 0 Å². The Morgan fingerprint density at radius 1 is 1.44 bits per heavy atom. The first-order valence-electron chi connectivity index (χ1n) is 4.65. The lowest BCUT2D eigenvalue weighted by Gasteiger charge is -2.09. The first-order valence-corrected chi connectivity index (χ1v) is 6.30. The molecule has 16 heavy (non-hydrogen) atoms. The summed E-state index contributed by atoms with van der Waals surface area (Å²) < 4.78 is 28.4. The summed E-state index contributed by atoms with van der Waals surface area (Å²) in [5.41, 5.74) is 0. The van der Waals surface area contributed by atoms with E-state index in [2.05, 4.69) is 0 Å². The molecule has 0 fully saturated rings. The molecule has 90 valence electrons. The number of hydrogen-bond acceptors (Lipinski definition) is 5. The van der Waals surface area contributed by atoms with Crippen LogP contribution in [-0.2, 0) is 9.84 Å². The molecule has 1 aromatic carbocycles. The van der Waals surface area contributed by atoms with Crippen molar-refractivity contribution in [1.82, 2.24) is 0 Å². The van der Waals surface area contributed by atoms with Crippen LogP contribution in [-0.4, -0.2) is 44.2 Å². The Labute approximate surface area is 94.2 Å². The molecule has 0 aliphatic carbocycles. The number of ether oxygens (including phenoxy) is 1. The maximum Gasteiger partial charge on any atom is 0.181 e. The lowest BCUT2D eigenvalue weighted by Crippen LogP contribution is -2.24. The number of aliphatic hydroxyl groups excluding tert-OH is 2. The van der Waals surface area contributed by atoms with Gasteiger partial charge in [-0.05, 0) is 18.2 Å². The highest BCUT2D eigenvalue weighted by Gasteiger charge is 2.19. The second-order valence-electron chi connectivity index (χ2n) is 3.30. The van der Waals surface area contributed by atoms with Gasteiger partial charge in [0.1, 0.15) is 5.75 Å². The minimum Gasteiger partial charge on any atom is -0.497 e. The lowest BCUT2D eigenvalue weighted by molar-refractivity contribution is 0.112. The molecule has 0 saturated carbocycles. The Morgan fingerprint density at radius 2 is 2.12 bits per heavy atom. The van der Waals surface area contributed by atoms with Crippen LogP contribution >= 0.6 is 0 Å². The standard InChI is InChI=1S/C10H14O5S/c1-15-9-3-2-4-10(5-9)16(13,14)7-8(12)6-11/h2-5,8,11-12H,6-7H2,1H3/t8-/m1/s1. The van der Waals surface area contributed by atoms with Crippen molar-refractivity contribution in [3.8, 4) is 5.75 Å². The van der Waals surface area contributed by atoms with Gasteiger partial charge in [-0.25, -0.2) is 8.42 Å². The van der Waals surface area contributed by atoms with Crippen LogP contribution in [0.2, 0.25) is 0 Å². The van der Waals surface area contributed by atoms with Crippen LogP contribution in [0.5, 0.6) is 5.75 Å². The van der Waals surface area contributed by atoms with Gasteiger partial charge in [-0.1, -0.05) is 6.07 Å². The minimum atomic E-state index is -3.59. The average Bonchev–Trinajstić information content (AvgIpc) is 2.28. The molecule has 1 aromatic rings. The van der Waals surface area contributed by atoms with Crippen molar-refractivity contribution in [2.75, 3.05) is 19.5 Å². The zero-order chi connectivity index (χ0) is 12.2. The zero-order valence-electron chi connectivity index (χ0n) is 8.83. The Bertz CT molecular complexity index is 440. The van der Waals surface area contributed by atoms with Crippen LogP contribution in [0, 0.1) is 0 Å². The average molecular weight is 246 g/mol. The molecule has 1 atom stereocenters. The summed E-state index contributed by atoms with van der Waals surface area (Å²) in [5, 5.41) is 17.7. The predicted molar refractivity (Wildman–Crippen MR) is 58.1 cm³/mol. The summed E-state index contributed by atoms with van der Waals surface area (Å²) in [5.74, 6) is -0.0732. The highest BCUT2D eigenvalue weighted by molar-refractivity contribution is 7.91. The molecule has 2 N–H and O–H groups in total. The topological polar surface area (TPSA) is 83.8 Å². The van der Waals surface area contributed by atoms with Gasteiger partial charge in [0.05, 0.1) is 30.5 Å². The summed E-state index contributed by atoms with van der Waals surface area (Å²) in [6, 6.07) is 5.97. The molecule has 0 aliphatic rings. The maximum absolute atomic E-state index is 11.7. The number of aliphatic hydroxyl groups is 2. The third-order valence-corrected chi connectivity index (χ3v) is 3.82. The highest BCUT2D eigenvalue weighted by atomic mass is 32.2. The van der Waals surface area contributed by atoms with Crippen molar-refractivity contribution in [2.24, 2.45) is 0 Å². The monoisotopic (exact) mass is 246 g/mol. The summed E-state index contributed by atoms with van der Waals surface area (Å²) in [7, 11) is -2.16. The molecule has 0 spiro atoms. The van der Waals surface area contributed by atoms with E-state index < -0.39 is 28.3 Å². The second kappa shape index (κ2) is 5.29. The minimum absolute atomic E-state index is 0.0688. The number of sulfone groups is 1. The zero-order valence-corrected chi connectivity index (χ0v) is 9.64. The molecule has 0 amide bonds. The molecular weight excluding hydrogens is 232 g/mol. The van der Waals surface area contributed by atoms with Gasteiger partial charge in [-0.3, -0.25) is 0 Å². The molecule has 0 aliphatic heterocycles. The quantitative estimate of drug-likeness (QED) is 0.753. The molecule has 0 radical (unpaired) electrons.